The third kappa shape index (κ3) is 4.58. The zero-order chi connectivity index (χ0) is 21.6. The Labute approximate surface area is 181 Å². The number of hydrogen-bond acceptors (Lipinski definition) is 3. The summed E-state index contributed by atoms with van der Waals surface area (Å²) in [6.45, 7) is 0. The summed E-state index contributed by atoms with van der Waals surface area (Å²) >= 11 is 0. The fraction of sp³-hybridized carbons (Fsp3) is 0.185. The molecule has 0 heterocycles. The van der Waals surface area contributed by atoms with Crippen LogP contribution in [0.4, 0.5) is 0 Å². The molecule has 0 bridgehead atoms. The van der Waals surface area contributed by atoms with E-state index in [0.29, 0.717) is 12.0 Å². The minimum absolute atomic E-state index is 0.261. The average molecular weight is 412 g/mol. The largest absolute Gasteiger partial charge is 0.467 e. The van der Waals surface area contributed by atoms with E-state index in [2.05, 4.69) is 23.5 Å². The number of nitrogens with one attached hydrogen (secondary N) is 1. The van der Waals surface area contributed by atoms with E-state index in [1.807, 2.05) is 66.7 Å². The molecule has 0 unspecified atom stereocenters. The van der Waals surface area contributed by atoms with Crippen molar-refractivity contribution in [3.63, 3.8) is 0 Å². The molecule has 156 valence electrons. The summed E-state index contributed by atoms with van der Waals surface area (Å²) < 4.78 is 4.97. The van der Waals surface area contributed by atoms with Gasteiger partial charge in [0.1, 0.15) is 6.04 Å². The molecule has 0 saturated carbocycles. The number of aryl methyl sites for hydroxylation is 1. The van der Waals surface area contributed by atoms with Gasteiger partial charge in [0.25, 0.3) is 5.91 Å². The summed E-state index contributed by atoms with van der Waals surface area (Å²) in [7, 11) is 1.35. The van der Waals surface area contributed by atoms with Crippen molar-refractivity contribution >= 4 is 33.4 Å². The Hall–Kier alpha value is -3.66. The minimum atomic E-state index is -0.695. The minimum Gasteiger partial charge on any atom is -0.467 e. The Morgan fingerprint density at radius 2 is 1.42 bits per heavy atom. The maximum atomic E-state index is 13.4. The first-order valence-electron chi connectivity index (χ1n) is 10.5. The second kappa shape index (κ2) is 9.43. The van der Waals surface area contributed by atoms with Gasteiger partial charge in [-0.2, -0.15) is 0 Å². The molecule has 0 fully saturated rings. The second-order valence-corrected chi connectivity index (χ2v) is 7.62. The molecule has 31 heavy (non-hydrogen) atoms. The highest BCUT2D eigenvalue weighted by Gasteiger charge is 2.24. The lowest BCUT2D eigenvalue weighted by Gasteiger charge is -2.18. The lowest BCUT2D eigenvalue weighted by molar-refractivity contribution is -0.143. The molecule has 0 radical (unpaired) electrons. The van der Waals surface area contributed by atoms with Gasteiger partial charge in [-0.05, 0) is 52.4 Å². The molecule has 4 nitrogen and oxygen atoms in total. The summed E-state index contributed by atoms with van der Waals surface area (Å²) in [5.41, 5.74) is 1.79. The maximum absolute atomic E-state index is 13.4. The Balaban J connectivity index is 1.60. The number of fused-ring (bicyclic) bond motifs is 2. The molecule has 1 atom stereocenters. The SMILES string of the molecule is COC(=O)[C@@H](CCCc1ccccc1)NC(=O)c1c2ccccc2cc2ccccc12. The van der Waals surface area contributed by atoms with Gasteiger partial charge in [0.2, 0.25) is 0 Å². The number of ether oxygens (including phenoxy) is 1. The van der Waals surface area contributed by atoms with Crippen LogP contribution in [0.1, 0.15) is 28.8 Å². The third-order valence-electron chi connectivity index (χ3n) is 5.59. The van der Waals surface area contributed by atoms with Gasteiger partial charge in [0.15, 0.2) is 0 Å². The van der Waals surface area contributed by atoms with E-state index in [0.717, 1.165) is 34.4 Å². The second-order valence-electron chi connectivity index (χ2n) is 7.62. The first kappa shape index (κ1) is 20.6. The number of methoxy groups -OCH3 is 1. The molecule has 0 aliphatic heterocycles. The number of hydrogen-bond donors (Lipinski definition) is 1. The number of esters is 1. The maximum Gasteiger partial charge on any atom is 0.328 e. The van der Waals surface area contributed by atoms with Crippen LogP contribution in [0.5, 0.6) is 0 Å². The third-order valence-corrected chi connectivity index (χ3v) is 5.59. The first-order valence-corrected chi connectivity index (χ1v) is 10.5. The van der Waals surface area contributed by atoms with Crippen molar-refractivity contribution in [3.05, 3.63) is 96.1 Å². The van der Waals surface area contributed by atoms with Crippen LogP contribution >= 0.6 is 0 Å². The highest BCUT2D eigenvalue weighted by Crippen LogP contribution is 2.28. The van der Waals surface area contributed by atoms with Crippen LogP contribution in [0, 0.1) is 0 Å². The Kier molecular flexibility index (Phi) is 6.27. The van der Waals surface area contributed by atoms with Gasteiger partial charge < -0.3 is 10.1 Å². The number of carbonyl (C=O) groups is 2. The van der Waals surface area contributed by atoms with Crippen molar-refractivity contribution in [2.24, 2.45) is 0 Å². The molecular formula is C27H25NO3. The highest BCUT2D eigenvalue weighted by atomic mass is 16.5. The first-order chi connectivity index (χ1) is 15.2. The zero-order valence-corrected chi connectivity index (χ0v) is 17.5. The van der Waals surface area contributed by atoms with Gasteiger partial charge >= 0.3 is 5.97 Å². The lowest BCUT2D eigenvalue weighted by Crippen LogP contribution is -2.41. The Morgan fingerprint density at radius 1 is 0.839 bits per heavy atom. The van der Waals surface area contributed by atoms with Gasteiger partial charge in [0.05, 0.1) is 12.7 Å². The predicted octanol–water partition coefficient (Wildman–Crippen LogP) is 5.29. The standard InChI is InChI=1S/C27H25NO3/c1-31-27(30)24(17-9-12-19-10-3-2-4-11-19)28-26(29)25-22-15-7-5-13-20(22)18-21-14-6-8-16-23(21)25/h2-8,10-11,13-16,18,24H,9,12,17H2,1H3,(H,28,29)/t24-/m1/s1. The van der Waals surface area contributed by atoms with Crippen LogP contribution in [0.2, 0.25) is 0 Å². The van der Waals surface area contributed by atoms with E-state index in [1.54, 1.807) is 0 Å². The molecule has 0 aliphatic rings. The molecule has 0 aromatic heterocycles. The number of benzene rings is 4. The summed E-state index contributed by atoms with van der Waals surface area (Å²) in [5.74, 6) is -0.686. The molecule has 4 rings (SSSR count). The van der Waals surface area contributed by atoms with E-state index in [9.17, 15) is 9.59 Å². The predicted molar refractivity (Wildman–Crippen MR) is 124 cm³/mol. The smallest absolute Gasteiger partial charge is 0.328 e. The van der Waals surface area contributed by atoms with Gasteiger partial charge in [0, 0.05) is 0 Å². The monoisotopic (exact) mass is 411 g/mol. The summed E-state index contributed by atoms with van der Waals surface area (Å²) in [4.78, 5) is 25.8. The van der Waals surface area contributed by atoms with Crippen LogP contribution in [0.3, 0.4) is 0 Å². The van der Waals surface area contributed by atoms with Crippen LogP contribution in [0.15, 0.2) is 84.9 Å². The van der Waals surface area contributed by atoms with Crippen molar-refractivity contribution < 1.29 is 14.3 Å². The molecule has 4 heteroatoms. The number of amides is 1. The Morgan fingerprint density at radius 3 is 2.03 bits per heavy atom. The zero-order valence-electron chi connectivity index (χ0n) is 17.5. The van der Waals surface area contributed by atoms with E-state index in [4.69, 9.17) is 4.74 Å². The average Bonchev–Trinajstić information content (AvgIpc) is 2.81. The van der Waals surface area contributed by atoms with Crippen LogP contribution in [0.25, 0.3) is 21.5 Å². The topological polar surface area (TPSA) is 55.4 Å². The fourth-order valence-corrected chi connectivity index (χ4v) is 4.03. The van der Waals surface area contributed by atoms with E-state index in [1.165, 1.54) is 12.7 Å². The Bertz CT molecular complexity index is 1160. The van der Waals surface area contributed by atoms with Crippen LogP contribution in [-0.2, 0) is 16.0 Å². The van der Waals surface area contributed by atoms with Crippen LogP contribution in [-0.4, -0.2) is 25.0 Å². The van der Waals surface area contributed by atoms with Gasteiger partial charge in [-0.3, -0.25) is 4.79 Å². The van der Waals surface area contributed by atoms with Crippen molar-refractivity contribution in [1.82, 2.24) is 5.32 Å². The number of rotatable bonds is 7. The van der Waals surface area contributed by atoms with Gasteiger partial charge in [-0.15, -0.1) is 0 Å². The molecular weight excluding hydrogens is 386 g/mol. The normalized spacial score (nSPS) is 11.9. The van der Waals surface area contributed by atoms with Gasteiger partial charge in [-0.25, -0.2) is 4.79 Å². The summed E-state index contributed by atoms with van der Waals surface area (Å²) in [6.07, 6.45) is 2.11. The van der Waals surface area contributed by atoms with Crippen molar-refractivity contribution in [1.29, 1.82) is 0 Å². The van der Waals surface area contributed by atoms with Crippen molar-refractivity contribution in [2.75, 3.05) is 7.11 Å². The van der Waals surface area contributed by atoms with E-state index in [-0.39, 0.29) is 5.91 Å². The molecule has 0 saturated heterocycles. The molecule has 4 aromatic carbocycles. The summed E-state index contributed by atoms with van der Waals surface area (Å²) in [5, 5.41) is 6.66. The number of carbonyl (C=O) groups excluding carboxylic acids is 2. The van der Waals surface area contributed by atoms with Crippen molar-refractivity contribution in [2.45, 2.75) is 25.3 Å². The van der Waals surface area contributed by atoms with E-state index >= 15 is 0 Å². The molecule has 1 N–H and O–H groups in total. The fourth-order valence-electron chi connectivity index (χ4n) is 4.03. The lowest BCUT2D eigenvalue weighted by atomic mass is 9.96. The highest BCUT2D eigenvalue weighted by molar-refractivity contribution is 6.18. The van der Waals surface area contributed by atoms with Crippen molar-refractivity contribution in [3.8, 4) is 0 Å². The molecule has 0 spiro atoms. The molecule has 1 amide bonds. The van der Waals surface area contributed by atoms with Crippen LogP contribution < -0.4 is 5.32 Å². The molecule has 4 aromatic rings. The molecule has 0 aliphatic carbocycles. The van der Waals surface area contributed by atoms with E-state index < -0.39 is 12.0 Å². The quantitative estimate of drug-likeness (QED) is 0.332. The summed E-state index contributed by atoms with van der Waals surface area (Å²) in [6, 6.07) is 27.1. The van der Waals surface area contributed by atoms with Gasteiger partial charge in [-0.1, -0.05) is 78.9 Å².